The number of rotatable bonds is 6. The van der Waals surface area contributed by atoms with Crippen molar-refractivity contribution in [1.29, 1.82) is 0 Å². The molecule has 1 unspecified atom stereocenters. The van der Waals surface area contributed by atoms with Crippen LogP contribution in [0.2, 0.25) is 0 Å². The van der Waals surface area contributed by atoms with Gasteiger partial charge in [0.15, 0.2) is 0 Å². The first-order chi connectivity index (χ1) is 9.45. The van der Waals surface area contributed by atoms with Crippen molar-refractivity contribution in [2.45, 2.75) is 44.7 Å². The van der Waals surface area contributed by atoms with Crippen LogP contribution in [0.4, 0.5) is 4.39 Å². The molecule has 2 nitrogen and oxygen atoms in total. The molecule has 1 aromatic rings. The molecule has 20 heavy (non-hydrogen) atoms. The quantitative estimate of drug-likeness (QED) is 0.859. The Hall–Kier alpha value is -0.930. The minimum atomic E-state index is -0.119. The number of hydrogen-bond donors (Lipinski definition) is 1. The van der Waals surface area contributed by atoms with Gasteiger partial charge in [0, 0.05) is 18.6 Å². The summed E-state index contributed by atoms with van der Waals surface area (Å²) in [6.45, 7) is 5.60. The first-order valence-electron chi connectivity index (χ1n) is 7.62. The van der Waals surface area contributed by atoms with Crippen LogP contribution in [0.25, 0.3) is 0 Å². The van der Waals surface area contributed by atoms with E-state index in [-0.39, 0.29) is 5.82 Å². The Labute approximate surface area is 122 Å². The van der Waals surface area contributed by atoms with Crippen LogP contribution in [-0.2, 0) is 0 Å². The molecule has 3 heteroatoms. The van der Waals surface area contributed by atoms with Crippen LogP contribution in [0.1, 0.15) is 38.2 Å². The number of nitrogens with zero attached hydrogens (tertiary/aromatic N) is 1. The maximum absolute atomic E-state index is 13.2. The van der Waals surface area contributed by atoms with Gasteiger partial charge in [-0.25, -0.2) is 4.39 Å². The Bertz CT molecular complexity index is 425. The topological polar surface area (TPSA) is 15.3 Å². The highest BCUT2D eigenvalue weighted by molar-refractivity contribution is 5.23. The second-order valence-electron chi connectivity index (χ2n) is 6.70. The summed E-state index contributed by atoms with van der Waals surface area (Å²) in [7, 11) is 4.24. The average Bonchev–Trinajstić information content (AvgIpc) is 2.30. The van der Waals surface area contributed by atoms with Crippen LogP contribution in [-0.4, -0.2) is 37.6 Å². The molecule has 112 valence electrons. The van der Waals surface area contributed by atoms with Crippen molar-refractivity contribution < 1.29 is 4.39 Å². The van der Waals surface area contributed by atoms with E-state index in [1.165, 1.54) is 6.07 Å². The first-order valence-corrected chi connectivity index (χ1v) is 7.62. The number of benzene rings is 1. The molecule has 0 saturated heterocycles. The molecule has 1 atom stereocenters. The molecule has 0 radical (unpaired) electrons. The molecule has 2 rings (SSSR count). The van der Waals surface area contributed by atoms with E-state index in [0.717, 1.165) is 24.9 Å². The van der Waals surface area contributed by atoms with Gasteiger partial charge < -0.3 is 10.2 Å². The minimum absolute atomic E-state index is 0.119. The van der Waals surface area contributed by atoms with Crippen molar-refractivity contribution in [2.24, 2.45) is 5.92 Å². The van der Waals surface area contributed by atoms with Gasteiger partial charge in [0.05, 0.1) is 0 Å². The Morgan fingerprint density at radius 1 is 1.30 bits per heavy atom. The monoisotopic (exact) mass is 278 g/mol. The molecule has 0 heterocycles. The second-order valence-corrected chi connectivity index (χ2v) is 6.70. The zero-order chi connectivity index (χ0) is 14.7. The van der Waals surface area contributed by atoms with E-state index in [2.05, 4.69) is 38.2 Å². The van der Waals surface area contributed by atoms with Crippen LogP contribution in [0, 0.1) is 11.7 Å². The highest BCUT2D eigenvalue weighted by atomic mass is 19.1. The summed E-state index contributed by atoms with van der Waals surface area (Å²) in [5.74, 6) is 1.03. The number of likely N-dealkylation sites (N-methyl/N-ethyl adjacent to an activating group) is 1. The summed E-state index contributed by atoms with van der Waals surface area (Å²) in [5.41, 5.74) is 1.15. The molecule has 0 amide bonds. The number of nitrogens with one attached hydrogen (secondary N) is 1. The van der Waals surface area contributed by atoms with Gasteiger partial charge in [-0.2, -0.15) is 0 Å². The van der Waals surface area contributed by atoms with E-state index in [1.54, 1.807) is 6.07 Å². The van der Waals surface area contributed by atoms with Gasteiger partial charge in [-0.05, 0) is 56.5 Å². The van der Waals surface area contributed by atoms with E-state index < -0.39 is 0 Å². The largest absolute Gasteiger partial charge is 0.310 e. The summed E-state index contributed by atoms with van der Waals surface area (Å²) >= 11 is 0. The van der Waals surface area contributed by atoms with Crippen LogP contribution >= 0.6 is 0 Å². The molecule has 0 spiro atoms. The van der Waals surface area contributed by atoms with Gasteiger partial charge in [0.25, 0.3) is 0 Å². The minimum Gasteiger partial charge on any atom is -0.310 e. The highest BCUT2D eigenvalue weighted by Crippen LogP contribution is 2.37. The SMILES string of the molecule is CC(C)C(CN(C)C)NC1CC(c2cccc(F)c2)C1. The lowest BCUT2D eigenvalue weighted by molar-refractivity contribution is 0.210. The Morgan fingerprint density at radius 2 is 2.00 bits per heavy atom. The second kappa shape index (κ2) is 6.68. The van der Waals surface area contributed by atoms with E-state index in [9.17, 15) is 4.39 Å². The Kier molecular flexibility index (Phi) is 5.17. The molecular formula is C17H27FN2. The summed E-state index contributed by atoms with van der Waals surface area (Å²) in [5, 5.41) is 3.76. The third kappa shape index (κ3) is 4.03. The number of halogens is 1. The van der Waals surface area contributed by atoms with Crippen LogP contribution < -0.4 is 5.32 Å². The fourth-order valence-electron chi connectivity index (χ4n) is 2.94. The normalized spacial score (nSPS) is 23.9. The smallest absolute Gasteiger partial charge is 0.123 e. The van der Waals surface area contributed by atoms with Crippen molar-refractivity contribution in [3.8, 4) is 0 Å². The van der Waals surface area contributed by atoms with Crippen molar-refractivity contribution in [1.82, 2.24) is 10.2 Å². The molecular weight excluding hydrogens is 251 g/mol. The fourth-order valence-corrected chi connectivity index (χ4v) is 2.94. The average molecular weight is 278 g/mol. The maximum atomic E-state index is 13.2. The third-order valence-corrected chi connectivity index (χ3v) is 4.27. The van der Waals surface area contributed by atoms with E-state index in [1.807, 2.05) is 12.1 Å². The lowest BCUT2D eigenvalue weighted by Crippen LogP contribution is -2.51. The predicted octanol–water partition coefficient (Wildman–Crippen LogP) is 3.25. The molecule has 1 N–H and O–H groups in total. The molecule has 1 aromatic carbocycles. The van der Waals surface area contributed by atoms with E-state index in [0.29, 0.717) is 23.9 Å². The van der Waals surface area contributed by atoms with Gasteiger partial charge >= 0.3 is 0 Å². The van der Waals surface area contributed by atoms with Crippen molar-refractivity contribution >= 4 is 0 Å². The standard InChI is InChI=1S/C17H27FN2/c1-12(2)17(11-20(3)4)19-16-9-14(10-16)13-6-5-7-15(18)8-13/h5-8,12,14,16-17,19H,9-11H2,1-4H3. The number of hydrogen-bond acceptors (Lipinski definition) is 2. The van der Waals surface area contributed by atoms with E-state index in [4.69, 9.17) is 0 Å². The van der Waals surface area contributed by atoms with Gasteiger partial charge in [0.2, 0.25) is 0 Å². The first kappa shape index (κ1) is 15.5. The van der Waals surface area contributed by atoms with Crippen LogP contribution in [0.15, 0.2) is 24.3 Å². The molecule has 0 bridgehead atoms. The molecule has 0 aliphatic heterocycles. The van der Waals surface area contributed by atoms with E-state index >= 15 is 0 Å². The Balaban J connectivity index is 1.83. The molecule has 1 aliphatic carbocycles. The summed E-state index contributed by atoms with van der Waals surface area (Å²) in [6.07, 6.45) is 2.25. The van der Waals surface area contributed by atoms with Crippen molar-refractivity contribution in [3.63, 3.8) is 0 Å². The fraction of sp³-hybridized carbons (Fsp3) is 0.647. The lowest BCUT2D eigenvalue weighted by atomic mass is 9.75. The Morgan fingerprint density at radius 3 is 2.55 bits per heavy atom. The molecule has 1 aliphatic rings. The molecule has 1 saturated carbocycles. The van der Waals surface area contributed by atoms with Crippen LogP contribution in [0.3, 0.4) is 0 Å². The van der Waals surface area contributed by atoms with Crippen molar-refractivity contribution in [3.05, 3.63) is 35.6 Å². The van der Waals surface area contributed by atoms with Crippen LogP contribution in [0.5, 0.6) is 0 Å². The van der Waals surface area contributed by atoms with Gasteiger partial charge in [-0.3, -0.25) is 0 Å². The zero-order valence-electron chi connectivity index (χ0n) is 13.1. The maximum Gasteiger partial charge on any atom is 0.123 e. The molecule has 1 fully saturated rings. The van der Waals surface area contributed by atoms with Gasteiger partial charge in [0.1, 0.15) is 5.82 Å². The van der Waals surface area contributed by atoms with Gasteiger partial charge in [-0.1, -0.05) is 26.0 Å². The zero-order valence-corrected chi connectivity index (χ0v) is 13.1. The van der Waals surface area contributed by atoms with Crippen molar-refractivity contribution in [2.75, 3.05) is 20.6 Å². The summed E-state index contributed by atoms with van der Waals surface area (Å²) in [4.78, 5) is 2.24. The molecule has 0 aromatic heterocycles. The predicted molar refractivity (Wildman–Crippen MR) is 82.5 cm³/mol. The summed E-state index contributed by atoms with van der Waals surface area (Å²) < 4.78 is 13.2. The highest BCUT2D eigenvalue weighted by Gasteiger charge is 2.32. The summed E-state index contributed by atoms with van der Waals surface area (Å²) in [6, 6.07) is 8.17. The lowest BCUT2D eigenvalue weighted by Gasteiger charge is -2.40. The van der Waals surface area contributed by atoms with Gasteiger partial charge in [-0.15, -0.1) is 0 Å². The third-order valence-electron chi connectivity index (χ3n) is 4.27.